The molecule has 0 aliphatic heterocycles. The van der Waals surface area contributed by atoms with Gasteiger partial charge in [0.25, 0.3) is 0 Å². The Balaban J connectivity index is 1.31. The first-order chi connectivity index (χ1) is 26.1. The monoisotopic (exact) mass is 683 g/mol. The van der Waals surface area contributed by atoms with Crippen LogP contribution < -0.4 is 9.80 Å². The largest absolute Gasteiger partial charge is 0.310 e. The van der Waals surface area contributed by atoms with Gasteiger partial charge in [-0.15, -0.1) is 0 Å². The van der Waals surface area contributed by atoms with E-state index in [2.05, 4.69) is 208 Å². The van der Waals surface area contributed by atoms with Crippen LogP contribution in [0.2, 0.25) is 0 Å². The molecule has 5 nitrogen and oxygen atoms in total. The summed E-state index contributed by atoms with van der Waals surface area (Å²) in [6, 6.07) is 60.7. The van der Waals surface area contributed by atoms with Crippen molar-refractivity contribution in [2.45, 2.75) is 13.8 Å². The van der Waals surface area contributed by atoms with Gasteiger partial charge in [-0.1, -0.05) is 72.8 Å². The van der Waals surface area contributed by atoms with Crippen LogP contribution in [0.5, 0.6) is 0 Å². The molecule has 0 bridgehead atoms. The van der Waals surface area contributed by atoms with Crippen molar-refractivity contribution in [1.82, 2.24) is 14.5 Å². The number of aryl methyl sites for hydroxylation is 2. The first-order valence-corrected chi connectivity index (χ1v) is 17.9. The summed E-state index contributed by atoms with van der Waals surface area (Å²) in [7, 11) is 0. The van der Waals surface area contributed by atoms with Crippen molar-refractivity contribution >= 4 is 55.9 Å². The van der Waals surface area contributed by atoms with Gasteiger partial charge < -0.3 is 14.4 Å². The lowest BCUT2D eigenvalue weighted by molar-refractivity contribution is 1.12. The topological polar surface area (TPSA) is 37.2 Å². The molecule has 9 aromatic rings. The highest BCUT2D eigenvalue weighted by Gasteiger charge is 2.21. The van der Waals surface area contributed by atoms with Crippen LogP contribution in [0.1, 0.15) is 11.1 Å². The first kappa shape index (κ1) is 32.0. The molecular formula is C48H37N5. The van der Waals surface area contributed by atoms with Crippen LogP contribution in [-0.2, 0) is 0 Å². The third-order valence-corrected chi connectivity index (χ3v) is 9.91. The van der Waals surface area contributed by atoms with Crippen molar-refractivity contribution in [3.63, 3.8) is 0 Å². The molecule has 0 radical (unpaired) electrons. The van der Waals surface area contributed by atoms with Gasteiger partial charge in [0.05, 0.1) is 16.7 Å². The zero-order valence-electron chi connectivity index (χ0n) is 29.6. The van der Waals surface area contributed by atoms with Crippen LogP contribution in [0.4, 0.5) is 34.1 Å². The van der Waals surface area contributed by atoms with E-state index in [9.17, 15) is 0 Å². The molecule has 0 saturated heterocycles. The SMILES string of the molecule is Cc1cc(-c2cncnc2)cc(C)c1-n1c2ccc(N(c3ccccc3)c3ccccc3)cc2c2cc(N(c3ccccc3)c3ccccc3)ccc21. The van der Waals surface area contributed by atoms with Crippen LogP contribution in [-0.4, -0.2) is 14.5 Å². The van der Waals surface area contributed by atoms with Crippen molar-refractivity contribution < 1.29 is 0 Å². The second-order valence-electron chi connectivity index (χ2n) is 13.3. The van der Waals surface area contributed by atoms with E-state index in [1.807, 2.05) is 12.4 Å². The zero-order valence-corrected chi connectivity index (χ0v) is 29.6. The maximum absolute atomic E-state index is 4.28. The van der Waals surface area contributed by atoms with Gasteiger partial charge in [0, 0.05) is 62.9 Å². The van der Waals surface area contributed by atoms with Crippen molar-refractivity contribution in [3.8, 4) is 16.8 Å². The van der Waals surface area contributed by atoms with Crippen LogP contribution in [0.15, 0.2) is 189 Å². The highest BCUT2D eigenvalue weighted by atomic mass is 15.1. The highest BCUT2D eigenvalue weighted by Crippen LogP contribution is 2.43. The Morgan fingerprint density at radius 2 is 0.774 bits per heavy atom. The molecule has 0 amide bonds. The Morgan fingerprint density at radius 3 is 1.15 bits per heavy atom. The van der Waals surface area contributed by atoms with E-state index in [-0.39, 0.29) is 0 Å². The number of hydrogen-bond donors (Lipinski definition) is 0. The minimum Gasteiger partial charge on any atom is -0.310 e. The molecule has 0 atom stereocenters. The van der Waals surface area contributed by atoms with Crippen molar-refractivity contribution in [1.29, 1.82) is 0 Å². The molecule has 0 fully saturated rings. The van der Waals surface area contributed by atoms with Crippen LogP contribution in [0.3, 0.4) is 0 Å². The molecule has 0 spiro atoms. The summed E-state index contributed by atoms with van der Waals surface area (Å²) in [5, 5.41) is 2.35. The van der Waals surface area contributed by atoms with Crippen molar-refractivity contribution in [3.05, 3.63) is 200 Å². The van der Waals surface area contributed by atoms with E-state index in [0.717, 1.165) is 56.3 Å². The molecule has 2 heterocycles. The predicted molar refractivity (Wildman–Crippen MR) is 221 cm³/mol. The van der Waals surface area contributed by atoms with E-state index in [1.165, 1.54) is 27.6 Å². The Bertz CT molecular complexity index is 2430. The smallest absolute Gasteiger partial charge is 0.115 e. The lowest BCUT2D eigenvalue weighted by Gasteiger charge is -2.26. The van der Waals surface area contributed by atoms with Crippen LogP contribution in [0.25, 0.3) is 38.6 Å². The van der Waals surface area contributed by atoms with Gasteiger partial charge in [-0.05, 0) is 128 Å². The average molecular weight is 684 g/mol. The third-order valence-electron chi connectivity index (χ3n) is 9.91. The molecule has 7 aromatic carbocycles. The molecule has 53 heavy (non-hydrogen) atoms. The number of fused-ring (bicyclic) bond motifs is 3. The predicted octanol–water partition coefficient (Wildman–Crippen LogP) is 12.8. The fourth-order valence-electron chi connectivity index (χ4n) is 7.64. The summed E-state index contributed by atoms with van der Waals surface area (Å²) in [5.74, 6) is 0. The second kappa shape index (κ2) is 13.6. The number of para-hydroxylation sites is 4. The summed E-state index contributed by atoms with van der Waals surface area (Å²) in [6.07, 6.45) is 5.33. The number of aromatic nitrogens is 3. The quantitative estimate of drug-likeness (QED) is 0.160. The zero-order chi connectivity index (χ0) is 35.7. The number of anilines is 6. The summed E-state index contributed by atoms with van der Waals surface area (Å²) in [6.45, 7) is 4.41. The molecule has 254 valence electrons. The fourth-order valence-corrected chi connectivity index (χ4v) is 7.64. The van der Waals surface area contributed by atoms with Gasteiger partial charge in [-0.25, -0.2) is 9.97 Å². The number of nitrogens with zero attached hydrogens (tertiary/aromatic N) is 5. The number of benzene rings is 7. The molecule has 0 saturated carbocycles. The lowest BCUT2D eigenvalue weighted by atomic mass is 10.0. The van der Waals surface area contributed by atoms with Gasteiger partial charge in [-0.2, -0.15) is 0 Å². The van der Waals surface area contributed by atoms with Gasteiger partial charge in [0.1, 0.15) is 6.33 Å². The first-order valence-electron chi connectivity index (χ1n) is 17.9. The van der Waals surface area contributed by atoms with Gasteiger partial charge >= 0.3 is 0 Å². The summed E-state index contributed by atoms with van der Waals surface area (Å²) in [4.78, 5) is 13.2. The van der Waals surface area contributed by atoms with Gasteiger partial charge in [-0.3, -0.25) is 0 Å². The normalized spacial score (nSPS) is 11.2. The summed E-state index contributed by atoms with van der Waals surface area (Å²) < 4.78 is 2.44. The molecule has 0 aliphatic carbocycles. The van der Waals surface area contributed by atoms with E-state index >= 15 is 0 Å². The molecule has 9 rings (SSSR count). The molecular weight excluding hydrogens is 647 g/mol. The number of rotatable bonds is 8. The Hall–Kier alpha value is -6.98. The van der Waals surface area contributed by atoms with Crippen LogP contribution in [0, 0.1) is 13.8 Å². The summed E-state index contributed by atoms with van der Waals surface area (Å²) in [5.41, 5.74) is 14.6. The van der Waals surface area contributed by atoms with Crippen molar-refractivity contribution in [2.24, 2.45) is 0 Å². The van der Waals surface area contributed by atoms with E-state index in [0.29, 0.717) is 0 Å². The van der Waals surface area contributed by atoms with E-state index < -0.39 is 0 Å². The Kier molecular flexibility index (Phi) is 8.22. The van der Waals surface area contributed by atoms with Crippen molar-refractivity contribution in [2.75, 3.05) is 9.80 Å². The summed E-state index contributed by atoms with van der Waals surface area (Å²) >= 11 is 0. The maximum Gasteiger partial charge on any atom is 0.115 e. The molecule has 0 unspecified atom stereocenters. The highest BCUT2D eigenvalue weighted by molar-refractivity contribution is 6.12. The molecule has 2 aromatic heterocycles. The molecule has 0 N–H and O–H groups in total. The fraction of sp³-hybridized carbons (Fsp3) is 0.0417. The number of hydrogen-bond acceptors (Lipinski definition) is 4. The Labute approximate surface area is 309 Å². The average Bonchev–Trinajstić information content (AvgIpc) is 3.52. The Morgan fingerprint density at radius 1 is 0.396 bits per heavy atom. The van der Waals surface area contributed by atoms with Crippen LogP contribution >= 0.6 is 0 Å². The van der Waals surface area contributed by atoms with Gasteiger partial charge in [0.2, 0.25) is 0 Å². The third kappa shape index (κ3) is 5.88. The lowest BCUT2D eigenvalue weighted by Crippen LogP contribution is -2.09. The minimum atomic E-state index is 1.01. The minimum absolute atomic E-state index is 1.01. The standard InChI is InChI=1S/C48H37N5/c1-34-27-36(37-31-49-33-50-32-37)28-35(2)48(34)53-46-25-23-42(51(38-15-7-3-8-16-38)39-17-9-4-10-18-39)29-44(46)45-30-43(24-26-47(45)53)52(40-19-11-5-12-20-40)41-21-13-6-14-22-41/h3-33H,1-2H3. The molecule has 0 aliphatic rings. The second-order valence-corrected chi connectivity index (χ2v) is 13.3. The van der Waals surface area contributed by atoms with Gasteiger partial charge in [0.15, 0.2) is 0 Å². The van der Waals surface area contributed by atoms with E-state index in [1.54, 1.807) is 6.33 Å². The maximum atomic E-state index is 4.28. The van der Waals surface area contributed by atoms with E-state index in [4.69, 9.17) is 0 Å². The molecule has 5 heteroatoms.